The Hall–Kier alpha value is -2.91. The van der Waals surface area contributed by atoms with Crippen molar-refractivity contribution in [3.05, 3.63) is 64.1 Å². The van der Waals surface area contributed by atoms with Gasteiger partial charge in [0.25, 0.3) is 5.91 Å². The summed E-state index contributed by atoms with van der Waals surface area (Å²) in [4.78, 5) is 27.9. The molecular weight excluding hydrogens is 429 g/mol. The van der Waals surface area contributed by atoms with Crippen LogP contribution in [0.5, 0.6) is 0 Å². The zero-order valence-corrected chi connectivity index (χ0v) is 16.1. The molecule has 0 bridgehead atoms. The molecule has 1 aromatic heterocycles. The van der Waals surface area contributed by atoms with Gasteiger partial charge in [0, 0.05) is 6.08 Å². The minimum atomic E-state index is -4.58. The third-order valence-corrected chi connectivity index (χ3v) is 4.92. The van der Waals surface area contributed by atoms with E-state index in [4.69, 9.17) is 16.3 Å². The lowest BCUT2D eigenvalue weighted by atomic mass is 10.2. The zero-order chi connectivity index (χ0) is 21.0. The first-order valence-electron chi connectivity index (χ1n) is 8.09. The molecule has 2 aromatic carbocycles. The van der Waals surface area contributed by atoms with Crippen LogP contribution in [0.3, 0.4) is 0 Å². The number of alkyl halides is 3. The van der Waals surface area contributed by atoms with Gasteiger partial charge in [0.1, 0.15) is 5.01 Å². The lowest BCUT2D eigenvalue weighted by Crippen LogP contribution is -2.20. The molecule has 0 saturated heterocycles. The maximum Gasteiger partial charge on any atom is 0.416 e. The maximum atomic E-state index is 12.7. The summed E-state index contributed by atoms with van der Waals surface area (Å²) in [6, 6.07) is 9.97. The second-order valence-electron chi connectivity index (χ2n) is 5.70. The molecular formula is C19H12ClF3N2O3S. The van der Waals surface area contributed by atoms with Gasteiger partial charge < -0.3 is 10.1 Å². The normalized spacial score (nSPS) is 11.7. The predicted molar refractivity (Wildman–Crippen MR) is 105 cm³/mol. The van der Waals surface area contributed by atoms with Crippen LogP contribution in [0.4, 0.5) is 18.9 Å². The molecule has 10 heteroatoms. The van der Waals surface area contributed by atoms with Crippen LogP contribution < -0.4 is 5.32 Å². The molecule has 1 amide bonds. The van der Waals surface area contributed by atoms with E-state index in [0.717, 1.165) is 28.4 Å². The van der Waals surface area contributed by atoms with Crippen LogP contribution in [-0.4, -0.2) is 23.5 Å². The predicted octanol–water partition coefficient (Wildman–Crippen LogP) is 5.16. The van der Waals surface area contributed by atoms with Crippen LogP contribution in [0, 0.1) is 0 Å². The van der Waals surface area contributed by atoms with Crippen molar-refractivity contribution < 1.29 is 27.5 Å². The van der Waals surface area contributed by atoms with Gasteiger partial charge in [-0.05, 0) is 36.4 Å². The Morgan fingerprint density at radius 1 is 1.21 bits per heavy atom. The van der Waals surface area contributed by atoms with Crippen molar-refractivity contribution in [2.75, 3.05) is 11.9 Å². The van der Waals surface area contributed by atoms with E-state index in [-0.39, 0.29) is 10.7 Å². The molecule has 0 fully saturated rings. The molecule has 0 spiro atoms. The number of ether oxygens (including phenoxy) is 1. The molecule has 0 aliphatic rings. The molecule has 1 heterocycles. The SMILES string of the molecule is O=C(COC(=O)C=Cc1nc2ccccc2s1)Nc1cc(C(F)(F)F)ccc1Cl. The quantitative estimate of drug-likeness (QED) is 0.439. The summed E-state index contributed by atoms with van der Waals surface area (Å²) < 4.78 is 44.0. The van der Waals surface area contributed by atoms with Crippen molar-refractivity contribution in [3.63, 3.8) is 0 Å². The number of aromatic nitrogens is 1. The second-order valence-corrected chi connectivity index (χ2v) is 7.17. The average Bonchev–Trinajstić information content (AvgIpc) is 3.08. The van der Waals surface area contributed by atoms with Crippen molar-refractivity contribution in [1.82, 2.24) is 4.98 Å². The first-order valence-corrected chi connectivity index (χ1v) is 9.29. The fourth-order valence-corrected chi connectivity index (χ4v) is 3.30. The van der Waals surface area contributed by atoms with Gasteiger partial charge in [-0.15, -0.1) is 11.3 Å². The Morgan fingerprint density at radius 2 is 1.97 bits per heavy atom. The number of hydrogen-bond donors (Lipinski definition) is 1. The van der Waals surface area contributed by atoms with E-state index in [2.05, 4.69) is 10.3 Å². The summed E-state index contributed by atoms with van der Waals surface area (Å²) in [5, 5.41) is 2.70. The Kier molecular flexibility index (Phi) is 6.19. The molecule has 0 aliphatic heterocycles. The second kappa shape index (κ2) is 8.62. The minimum Gasteiger partial charge on any atom is -0.452 e. The summed E-state index contributed by atoms with van der Waals surface area (Å²) in [7, 11) is 0. The average molecular weight is 441 g/mol. The van der Waals surface area contributed by atoms with Gasteiger partial charge in [0.15, 0.2) is 6.61 Å². The molecule has 0 unspecified atom stereocenters. The number of esters is 1. The smallest absolute Gasteiger partial charge is 0.416 e. The minimum absolute atomic E-state index is 0.0755. The van der Waals surface area contributed by atoms with Crippen LogP contribution >= 0.6 is 22.9 Å². The van der Waals surface area contributed by atoms with Crippen LogP contribution in [0.1, 0.15) is 10.6 Å². The molecule has 1 N–H and O–H groups in total. The number of thiazole rings is 1. The summed E-state index contributed by atoms with van der Waals surface area (Å²) in [6.07, 6.45) is -2.02. The molecule has 150 valence electrons. The van der Waals surface area contributed by atoms with E-state index in [9.17, 15) is 22.8 Å². The number of nitrogens with one attached hydrogen (secondary N) is 1. The van der Waals surface area contributed by atoms with Crippen LogP contribution in [0.15, 0.2) is 48.5 Å². The van der Waals surface area contributed by atoms with E-state index in [0.29, 0.717) is 11.1 Å². The highest BCUT2D eigenvalue weighted by molar-refractivity contribution is 7.19. The summed E-state index contributed by atoms with van der Waals surface area (Å²) in [5.74, 6) is -1.62. The number of carbonyl (C=O) groups excluding carboxylic acids is 2. The van der Waals surface area contributed by atoms with Gasteiger partial charge in [0.2, 0.25) is 0 Å². The first-order chi connectivity index (χ1) is 13.7. The van der Waals surface area contributed by atoms with Crippen molar-refractivity contribution in [3.8, 4) is 0 Å². The Labute approximate surface area is 171 Å². The van der Waals surface area contributed by atoms with Gasteiger partial charge in [0.05, 0.1) is 26.5 Å². The highest BCUT2D eigenvalue weighted by atomic mass is 35.5. The third kappa shape index (κ3) is 5.55. The van der Waals surface area contributed by atoms with E-state index < -0.39 is 30.2 Å². The lowest BCUT2D eigenvalue weighted by Gasteiger charge is -2.11. The van der Waals surface area contributed by atoms with Crippen LogP contribution in [0.2, 0.25) is 5.02 Å². The zero-order valence-electron chi connectivity index (χ0n) is 14.5. The molecule has 0 aliphatic carbocycles. The molecule has 0 atom stereocenters. The van der Waals surface area contributed by atoms with Crippen molar-refractivity contribution in [2.24, 2.45) is 0 Å². The topological polar surface area (TPSA) is 68.3 Å². The number of carbonyl (C=O) groups is 2. The highest BCUT2D eigenvalue weighted by Gasteiger charge is 2.31. The van der Waals surface area contributed by atoms with Gasteiger partial charge in [-0.25, -0.2) is 9.78 Å². The molecule has 3 aromatic rings. The van der Waals surface area contributed by atoms with Crippen molar-refractivity contribution in [1.29, 1.82) is 0 Å². The van der Waals surface area contributed by atoms with E-state index in [1.807, 2.05) is 24.3 Å². The Morgan fingerprint density at radius 3 is 2.69 bits per heavy atom. The first kappa shape index (κ1) is 20.8. The number of fused-ring (bicyclic) bond motifs is 1. The number of halogens is 4. The molecule has 0 saturated carbocycles. The summed E-state index contributed by atoms with van der Waals surface area (Å²) in [5.41, 5.74) is -0.400. The number of anilines is 1. The number of hydrogen-bond acceptors (Lipinski definition) is 5. The number of para-hydroxylation sites is 1. The van der Waals surface area contributed by atoms with Crippen molar-refractivity contribution in [2.45, 2.75) is 6.18 Å². The standard InChI is InChI=1S/C19H12ClF3N2O3S/c20-12-6-5-11(19(21,22)23)9-14(12)24-16(26)10-28-18(27)8-7-17-25-13-3-1-2-4-15(13)29-17/h1-9H,10H2,(H,24,26). The van der Waals surface area contributed by atoms with Crippen LogP contribution in [0.25, 0.3) is 16.3 Å². The lowest BCUT2D eigenvalue weighted by molar-refractivity contribution is -0.142. The number of amides is 1. The molecule has 0 radical (unpaired) electrons. The van der Waals surface area contributed by atoms with Gasteiger partial charge in [-0.3, -0.25) is 4.79 Å². The Balaban J connectivity index is 1.55. The fourth-order valence-electron chi connectivity index (χ4n) is 2.27. The monoisotopic (exact) mass is 440 g/mol. The highest BCUT2D eigenvalue weighted by Crippen LogP contribution is 2.33. The van der Waals surface area contributed by atoms with E-state index in [1.54, 1.807) is 0 Å². The largest absolute Gasteiger partial charge is 0.452 e. The fraction of sp³-hybridized carbons (Fsp3) is 0.105. The van der Waals surface area contributed by atoms with Gasteiger partial charge in [-0.1, -0.05) is 23.7 Å². The van der Waals surface area contributed by atoms with Crippen molar-refractivity contribution >= 4 is 56.8 Å². The number of nitrogens with zero attached hydrogens (tertiary/aromatic N) is 1. The molecule has 29 heavy (non-hydrogen) atoms. The van der Waals surface area contributed by atoms with E-state index in [1.165, 1.54) is 17.4 Å². The number of benzene rings is 2. The third-order valence-electron chi connectivity index (χ3n) is 3.59. The summed E-state index contributed by atoms with van der Waals surface area (Å²) >= 11 is 7.18. The van der Waals surface area contributed by atoms with Gasteiger partial charge >= 0.3 is 12.1 Å². The molecule has 5 nitrogen and oxygen atoms in total. The number of rotatable bonds is 5. The molecule has 3 rings (SSSR count). The van der Waals surface area contributed by atoms with E-state index >= 15 is 0 Å². The van der Waals surface area contributed by atoms with Crippen LogP contribution in [-0.2, 0) is 20.5 Å². The Bertz CT molecular complexity index is 1060. The maximum absolute atomic E-state index is 12.7. The van der Waals surface area contributed by atoms with Gasteiger partial charge in [-0.2, -0.15) is 13.2 Å². The summed E-state index contributed by atoms with van der Waals surface area (Å²) in [6.45, 7) is -0.685.